The molecule has 0 radical (unpaired) electrons. The molecule has 0 saturated carbocycles. The van der Waals surface area contributed by atoms with E-state index in [1.54, 1.807) is 26.0 Å². The number of phenols is 1. The molecule has 5 nitrogen and oxygen atoms in total. The average molecular weight is 260 g/mol. The van der Waals surface area contributed by atoms with Crippen LogP contribution in [0.15, 0.2) is 28.7 Å². The number of oxazole rings is 1. The maximum Gasteiger partial charge on any atom is 0.289 e. The highest BCUT2D eigenvalue weighted by Gasteiger charge is 2.14. The molecule has 1 aromatic heterocycles. The summed E-state index contributed by atoms with van der Waals surface area (Å²) in [6, 6.07) is 6.90. The molecular weight excluding hydrogens is 244 g/mol. The number of aromatic hydroxyl groups is 1. The highest BCUT2D eigenvalue weighted by atomic mass is 16.4. The third-order valence-corrected chi connectivity index (χ3v) is 2.75. The van der Waals surface area contributed by atoms with Gasteiger partial charge >= 0.3 is 0 Å². The largest absolute Gasteiger partial charge is 0.508 e. The fourth-order valence-corrected chi connectivity index (χ4v) is 1.81. The zero-order chi connectivity index (χ0) is 13.8. The van der Waals surface area contributed by atoms with Crippen LogP contribution in [0.3, 0.4) is 0 Å². The van der Waals surface area contributed by atoms with Crippen LogP contribution in [0.1, 0.15) is 27.7 Å². The van der Waals surface area contributed by atoms with Gasteiger partial charge in [-0.2, -0.15) is 0 Å². The second kappa shape index (κ2) is 5.56. The Bertz CT molecular complexity index is 573. The van der Waals surface area contributed by atoms with Crippen LogP contribution in [0.25, 0.3) is 0 Å². The number of aryl methyl sites for hydroxylation is 2. The van der Waals surface area contributed by atoms with Crippen LogP contribution in [0, 0.1) is 13.8 Å². The van der Waals surface area contributed by atoms with E-state index in [1.165, 1.54) is 0 Å². The van der Waals surface area contributed by atoms with Gasteiger partial charge in [0.2, 0.25) is 5.76 Å². The lowest BCUT2D eigenvalue weighted by molar-refractivity contribution is 0.0924. The second-order valence-electron chi connectivity index (χ2n) is 4.32. The number of nitrogens with zero attached hydrogens (tertiary/aromatic N) is 1. The van der Waals surface area contributed by atoms with Gasteiger partial charge in [-0.1, -0.05) is 12.1 Å². The molecule has 1 amide bonds. The number of hydrogen-bond donors (Lipinski definition) is 2. The summed E-state index contributed by atoms with van der Waals surface area (Å²) in [6.07, 6.45) is 0.693. The molecule has 0 aliphatic heterocycles. The Balaban J connectivity index is 1.87. The van der Waals surface area contributed by atoms with Gasteiger partial charge in [0.15, 0.2) is 5.89 Å². The van der Waals surface area contributed by atoms with Crippen LogP contribution in [-0.4, -0.2) is 22.5 Å². The first-order valence-electron chi connectivity index (χ1n) is 6.06. The summed E-state index contributed by atoms with van der Waals surface area (Å²) >= 11 is 0. The van der Waals surface area contributed by atoms with E-state index in [4.69, 9.17) is 9.52 Å². The van der Waals surface area contributed by atoms with Crippen LogP contribution < -0.4 is 5.32 Å². The van der Waals surface area contributed by atoms with Crippen molar-refractivity contribution in [3.8, 4) is 5.75 Å². The zero-order valence-corrected chi connectivity index (χ0v) is 10.9. The Morgan fingerprint density at radius 3 is 2.58 bits per heavy atom. The number of rotatable bonds is 4. The smallest absolute Gasteiger partial charge is 0.289 e. The van der Waals surface area contributed by atoms with E-state index >= 15 is 0 Å². The molecule has 0 bridgehead atoms. The summed E-state index contributed by atoms with van der Waals surface area (Å²) in [5.74, 6) is 0.738. The molecular formula is C14H16N2O3. The van der Waals surface area contributed by atoms with Gasteiger partial charge in [0, 0.05) is 13.5 Å². The standard InChI is InChI=1S/C14H16N2O3/c1-9-13(19-10(2)16-9)14(18)15-8-7-11-3-5-12(17)6-4-11/h3-6,17H,7-8H2,1-2H3,(H,15,18). The monoisotopic (exact) mass is 260 g/mol. The first kappa shape index (κ1) is 13.1. The average Bonchev–Trinajstić information content (AvgIpc) is 2.71. The van der Waals surface area contributed by atoms with Crippen molar-refractivity contribution >= 4 is 5.91 Å². The molecule has 0 fully saturated rings. The van der Waals surface area contributed by atoms with E-state index in [2.05, 4.69) is 10.3 Å². The second-order valence-corrected chi connectivity index (χ2v) is 4.32. The Morgan fingerprint density at radius 1 is 1.32 bits per heavy atom. The van der Waals surface area contributed by atoms with Crippen molar-refractivity contribution in [2.45, 2.75) is 20.3 Å². The van der Waals surface area contributed by atoms with Gasteiger partial charge < -0.3 is 14.8 Å². The fourth-order valence-electron chi connectivity index (χ4n) is 1.81. The number of amides is 1. The molecule has 2 aromatic rings. The van der Waals surface area contributed by atoms with Crippen LogP contribution >= 0.6 is 0 Å². The van der Waals surface area contributed by atoms with E-state index < -0.39 is 0 Å². The molecule has 0 aliphatic rings. The number of aromatic nitrogens is 1. The number of carbonyl (C=O) groups excluding carboxylic acids is 1. The number of hydrogen-bond acceptors (Lipinski definition) is 4. The molecule has 1 aromatic carbocycles. The summed E-state index contributed by atoms with van der Waals surface area (Å²) in [6.45, 7) is 3.95. The molecule has 0 saturated heterocycles. The lowest BCUT2D eigenvalue weighted by Crippen LogP contribution is -2.25. The Morgan fingerprint density at radius 2 is 2.00 bits per heavy atom. The highest BCUT2D eigenvalue weighted by Crippen LogP contribution is 2.10. The molecule has 1 heterocycles. The van der Waals surface area contributed by atoms with Gasteiger partial charge in [-0.05, 0) is 31.0 Å². The lowest BCUT2D eigenvalue weighted by Gasteiger charge is -2.04. The van der Waals surface area contributed by atoms with E-state index in [-0.39, 0.29) is 17.4 Å². The molecule has 5 heteroatoms. The fraction of sp³-hybridized carbons (Fsp3) is 0.286. The molecule has 2 N–H and O–H groups in total. The van der Waals surface area contributed by atoms with Crippen molar-refractivity contribution in [2.24, 2.45) is 0 Å². The molecule has 0 aliphatic carbocycles. The number of phenolic OH excluding ortho intramolecular Hbond substituents is 1. The normalized spacial score (nSPS) is 10.4. The zero-order valence-electron chi connectivity index (χ0n) is 10.9. The predicted molar refractivity (Wildman–Crippen MR) is 70.1 cm³/mol. The Kier molecular flexibility index (Phi) is 3.85. The molecule has 100 valence electrons. The van der Waals surface area contributed by atoms with E-state index in [0.29, 0.717) is 24.6 Å². The van der Waals surface area contributed by atoms with Crippen molar-refractivity contribution in [1.29, 1.82) is 0 Å². The van der Waals surface area contributed by atoms with E-state index in [1.807, 2.05) is 12.1 Å². The number of nitrogens with one attached hydrogen (secondary N) is 1. The van der Waals surface area contributed by atoms with Gasteiger partial charge in [-0.3, -0.25) is 4.79 Å². The maximum atomic E-state index is 11.8. The van der Waals surface area contributed by atoms with Gasteiger partial charge in [-0.15, -0.1) is 0 Å². The Hall–Kier alpha value is -2.30. The Labute approximate surface area is 111 Å². The van der Waals surface area contributed by atoms with Crippen LogP contribution in [-0.2, 0) is 6.42 Å². The van der Waals surface area contributed by atoms with Crippen molar-refractivity contribution in [1.82, 2.24) is 10.3 Å². The minimum atomic E-state index is -0.253. The summed E-state index contributed by atoms with van der Waals surface area (Å²) in [7, 11) is 0. The maximum absolute atomic E-state index is 11.8. The summed E-state index contributed by atoms with van der Waals surface area (Å²) in [4.78, 5) is 15.9. The van der Waals surface area contributed by atoms with Gasteiger partial charge in [-0.25, -0.2) is 4.98 Å². The van der Waals surface area contributed by atoms with E-state index in [0.717, 1.165) is 5.56 Å². The molecule has 0 unspecified atom stereocenters. The van der Waals surface area contributed by atoms with Crippen molar-refractivity contribution in [3.05, 3.63) is 47.2 Å². The van der Waals surface area contributed by atoms with Gasteiger partial charge in [0.25, 0.3) is 5.91 Å². The van der Waals surface area contributed by atoms with Gasteiger partial charge in [0.05, 0.1) is 5.69 Å². The molecule has 2 rings (SSSR count). The molecule has 19 heavy (non-hydrogen) atoms. The minimum Gasteiger partial charge on any atom is -0.508 e. The van der Waals surface area contributed by atoms with Crippen LogP contribution in [0.2, 0.25) is 0 Å². The highest BCUT2D eigenvalue weighted by molar-refractivity contribution is 5.92. The molecule has 0 spiro atoms. The molecule has 0 atom stereocenters. The van der Waals surface area contributed by atoms with Gasteiger partial charge in [0.1, 0.15) is 5.75 Å². The van der Waals surface area contributed by atoms with Crippen LogP contribution in [0.4, 0.5) is 0 Å². The van der Waals surface area contributed by atoms with Crippen LogP contribution in [0.5, 0.6) is 5.75 Å². The number of carbonyl (C=O) groups is 1. The SMILES string of the molecule is Cc1nc(C)c(C(=O)NCCc2ccc(O)cc2)o1. The van der Waals surface area contributed by atoms with E-state index in [9.17, 15) is 4.79 Å². The summed E-state index contributed by atoms with van der Waals surface area (Å²) in [5.41, 5.74) is 1.64. The summed E-state index contributed by atoms with van der Waals surface area (Å²) in [5, 5.41) is 11.9. The van der Waals surface area contributed by atoms with Crippen molar-refractivity contribution in [3.63, 3.8) is 0 Å². The lowest BCUT2D eigenvalue weighted by atomic mass is 10.1. The first-order valence-corrected chi connectivity index (χ1v) is 6.06. The van der Waals surface area contributed by atoms with Crippen molar-refractivity contribution < 1.29 is 14.3 Å². The third kappa shape index (κ3) is 3.34. The third-order valence-electron chi connectivity index (χ3n) is 2.75. The quantitative estimate of drug-likeness (QED) is 0.881. The number of benzene rings is 1. The minimum absolute atomic E-state index is 0.237. The first-order chi connectivity index (χ1) is 9.06. The summed E-state index contributed by atoms with van der Waals surface area (Å²) < 4.78 is 5.24. The topological polar surface area (TPSA) is 75.4 Å². The van der Waals surface area contributed by atoms with Crippen molar-refractivity contribution in [2.75, 3.05) is 6.54 Å². The predicted octanol–water partition coefficient (Wildman–Crippen LogP) is 1.97.